The van der Waals surface area contributed by atoms with Crippen molar-refractivity contribution in [2.45, 2.75) is 32.7 Å². The second-order valence-electron chi connectivity index (χ2n) is 6.81. The van der Waals surface area contributed by atoms with Crippen molar-refractivity contribution < 1.29 is 4.79 Å². The Bertz CT molecular complexity index is 725. The van der Waals surface area contributed by atoms with Crippen LogP contribution in [-0.4, -0.2) is 41.5 Å². The number of nitrogens with one attached hydrogen (secondary N) is 2. The maximum absolute atomic E-state index is 12.8. The monoisotopic (exact) mass is 333 g/mol. The summed E-state index contributed by atoms with van der Waals surface area (Å²) in [6.07, 6.45) is 2.48. The molecular formula is C18H24ClN3O. The van der Waals surface area contributed by atoms with Crippen LogP contribution >= 0.6 is 12.4 Å². The van der Waals surface area contributed by atoms with Crippen molar-refractivity contribution in [3.8, 4) is 0 Å². The van der Waals surface area contributed by atoms with Gasteiger partial charge in [0.25, 0.3) is 5.91 Å². The van der Waals surface area contributed by atoms with E-state index in [4.69, 9.17) is 0 Å². The molecule has 4 nitrogen and oxygen atoms in total. The summed E-state index contributed by atoms with van der Waals surface area (Å²) in [5.41, 5.74) is 4.34. The standard InChI is InChI=1S/C18H23N3O.ClH/c1-11-12(2)20-16-6-5-13(8-15(11)16)18(22)21-9-14-4-3-7-19-17(14)10-21;/h5-6,8,14,17,19-20H,3-4,7,9-10H2,1-2H3;1H/t14-,17+;/m0./s1. The zero-order chi connectivity index (χ0) is 15.3. The normalized spacial score (nSPS) is 23.7. The second kappa shape index (κ2) is 6.17. The van der Waals surface area contributed by atoms with Crippen LogP contribution in [0.5, 0.6) is 0 Å². The number of piperidine rings is 1. The number of nitrogens with zero attached hydrogens (tertiary/aromatic N) is 1. The van der Waals surface area contributed by atoms with E-state index in [9.17, 15) is 4.79 Å². The van der Waals surface area contributed by atoms with Gasteiger partial charge in [0, 0.05) is 41.3 Å². The number of rotatable bonds is 1. The van der Waals surface area contributed by atoms with E-state index in [1.54, 1.807) is 0 Å². The van der Waals surface area contributed by atoms with Gasteiger partial charge in [-0.3, -0.25) is 4.79 Å². The molecule has 124 valence electrons. The van der Waals surface area contributed by atoms with E-state index >= 15 is 0 Å². The molecule has 2 aliphatic heterocycles. The number of carbonyl (C=O) groups excluding carboxylic acids is 1. The molecule has 23 heavy (non-hydrogen) atoms. The highest BCUT2D eigenvalue weighted by atomic mass is 35.5. The number of aromatic nitrogens is 1. The first kappa shape index (κ1) is 16.3. The van der Waals surface area contributed by atoms with Crippen molar-refractivity contribution in [3.05, 3.63) is 35.0 Å². The number of benzene rings is 1. The molecule has 0 unspecified atom stereocenters. The number of H-pyrrole nitrogens is 1. The molecule has 2 aromatic rings. The van der Waals surface area contributed by atoms with Crippen LogP contribution in [0, 0.1) is 19.8 Å². The molecule has 0 spiro atoms. The van der Waals surface area contributed by atoms with Gasteiger partial charge in [0.15, 0.2) is 0 Å². The van der Waals surface area contributed by atoms with Crippen molar-refractivity contribution >= 4 is 29.2 Å². The zero-order valence-corrected chi connectivity index (χ0v) is 14.5. The number of amides is 1. The highest BCUT2D eigenvalue weighted by Gasteiger charge is 2.36. The van der Waals surface area contributed by atoms with Crippen LogP contribution in [0.25, 0.3) is 10.9 Å². The summed E-state index contributed by atoms with van der Waals surface area (Å²) in [5.74, 6) is 0.814. The summed E-state index contributed by atoms with van der Waals surface area (Å²) in [7, 11) is 0. The van der Waals surface area contributed by atoms with Crippen LogP contribution in [0.2, 0.25) is 0 Å². The molecule has 4 rings (SSSR count). The molecule has 0 radical (unpaired) electrons. The highest BCUT2D eigenvalue weighted by Crippen LogP contribution is 2.27. The molecule has 5 heteroatoms. The third kappa shape index (κ3) is 2.74. The van der Waals surface area contributed by atoms with Gasteiger partial charge in [-0.1, -0.05) is 0 Å². The van der Waals surface area contributed by atoms with E-state index in [1.165, 1.54) is 24.1 Å². The van der Waals surface area contributed by atoms with E-state index in [0.29, 0.717) is 12.0 Å². The van der Waals surface area contributed by atoms with Gasteiger partial charge >= 0.3 is 0 Å². The van der Waals surface area contributed by atoms with Crippen LogP contribution in [0.4, 0.5) is 0 Å². The van der Waals surface area contributed by atoms with Crippen molar-refractivity contribution in [2.75, 3.05) is 19.6 Å². The van der Waals surface area contributed by atoms with Gasteiger partial charge < -0.3 is 15.2 Å². The molecule has 1 amide bonds. The lowest BCUT2D eigenvalue weighted by Gasteiger charge is -2.24. The molecule has 2 saturated heterocycles. The Kier molecular flexibility index (Phi) is 4.39. The minimum Gasteiger partial charge on any atom is -0.358 e. The molecule has 2 N–H and O–H groups in total. The van der Waals surface area contributed by atoms with Crippen LogP contribution in [0.1, 0.15) is 34.5 Å². The van der Waals surface area contributed by atoms with Gasteiger partial charge in [0.2, 0.25) is 0 Å². The number of aryl methyl sites for hydroxylation is 2. The largest absolute Gasteiger partial charge is 0.358 e. The number of halogens is 1. The van der Waals surface area contributed by atoms with E-state index in [0.717, 1.165) is 36.1 Å². The number of hydrogen-bond acceptors (Lipinski definition) is 2. The summed E-state index contributed by atoms with van der Waals surface area (Å²) in [5, 5.41) is 4.73. The lowest BCUT2D eigenvalue weighted by atomic mass is 9.94. The molecule has 0 bridgehead atoms. The SMILES string of the molecule is Cc1[nH]c2ccc(C(=O)N3C[C@@H]4CCCN[C@@H]4C3)cc2c1C.Cl. The number of fused-ring (bicyclic) bond motifs is 2. The average Bonchev–Trinajstić information content (AvgIpc) is 3.08. The van der Waals surface area contributed by atoms with E-state index in [1.807, 2.05) is 23.1 Å². The third-order valence-corrected chi connectivity index (χ3v) is 5.44. The highest BCUT2D eigenvalue weighted by molar-refractivity contribution is 5.99. The molecule has 2 aliphatic rings. The van der Waals surface area contributed by atoms with Gasteiger partial charge in [0.05, 0.1) is 0 Å². The lowest BCUT2D eigenvalue weighted by Crippen LogP contribution is -2.41. The Balaban J connectivity index is 0.00000156. The van der Waals surface area contributed by atoms with Gasteiger partial charge in [-0.2, -0.15) is 0 Å². The molecule has 2 fully saturated rings. The van der Waals surface area contributed by atoms with Crippen LogP contribution in [0.3, 0.4) is 0 Å². The lowest BCUT2D eigenvalue weighted by molar-refractivity contribution is 0.0786. The fourth-order valence-corrected chi connectivity index (χ4v) is 3.99. The summed E-state index contributed by atoms with van der Waals surface area (Å²) >= 11 is 0. The minimum absolute atomic E-state index is 0. The first-order valence-corrected chi connectivity index (χ1v) is 8.25. The number of likely N-dealkylation sites (tertiary alicyclic amines) is 1. The molecule has 2 atom stereocenters. The predicted molar refractivity (Wildman–Crippen MR) is 95.4 cm³/mol. The van der Waals surface area contributed by atoms with E-state index in [-0.39, 0.29) is 18.3 Å². The zero-order valence-electron chi connectivity index (χ0n) is 13.7. The third-order valence-electron chi connectivity index (χ3n) is 5.44. The second-order valence-corrected chi connectivity index (χ2v) is 6.81. The molecule has 3 heterocycles. The van der Waals surface area contributed by atoms with Crippen molar-refractivity contribution in [2.24, 2.45) is 5.92 Å². The van der Waals surface area contributed by atoms with Gasteiger partial charge in [0.1, 0.15) is 0 Å². The summed E-state index contributed by atoms with van der Waals surface area (Å²) < 4.78 is 0. The first-order valence-electron chi connectivity index (χ1n) is 8.25. The Labute approximate surface area is 143 Å². The molecular weight excluding hydrogens is 310 g/mol. The maximum atomic E-state index is 12.8. The maximum Gasteiger partial charge on any atom is 0.253 e. The van der Waals surface area contributed by atoms with Crippen LogP contribution in [-0.2, 0) is 0 Å². The van der Waals surface area contributed by atoms with Gasteiger partial charge in [-0.15, -0.1) is 12.4 Å². The first-order chi connectivity index (χ1) is 10.6. The van der Waals surface area contributed by atoms with Crippen LogP contribution in [0.15, 0.2) is 18.2 Å². The quantitative estimate of drug-likeness (QED) is 0.842. The predicted octanol–water partition coefficient (Wildman–Crippen LogP) is 3.03. The Hall–Kier alpha value is -1.52. The van der Waals surface area contributed by atoms with Crippen molar-refractivity contribution in [3.63, 3.8) is 0 Å². The van der Waals surface area contributed by atoms with Gasteiger partial charge in [-0.25, -0.2) is 0 Å². The van der Waals surface area contributed by atoms with Gasteiger partial charge in [-0.05, 0) is 62.9 Å². The van der Waals surface area contributed by atoms with E-state index < -0.39 is 0 Å². The van der Waals surface area contributed by atoms with Crippen molar-refractivity contribution in [1.29, 1.82) is 0 Å². The van der Waals surface area contributed by atoms with Crippen LogP contribution < -0.4 is 5.32 Å². The Morgan fingerprint density at radius 2 is 2.09 bits per heavy atom. The number of hydrogen-bond donors (Lipinski definition) is 2. The summed E-state index contributed by atoms with van der Waals surface area (Å²) in [4.78, 5) is 18.2. The number of aromatic amines is 1. The molecule has 0 aliphatic carbocycles. The smallest absolute Gasteiger partial charge is 0.253 e. The molecule has 1 aromatic carbocycles. The fourth-order valence-electron chi connectivity index (χ4n) is 3.99. The Morgan fingerprint density at radius 3 is 2.87 bits per heavy atom. The Morgan fingerprint density at radius 1 is 1.26 bits per heavy atom. The summed E-state index contributed by atoms with van der Waals surface area (Å²) in [6.45, 7) is 7.04. The minimum atomic E-state index is 0. The fraction of sp³-hybridized carbons (Fsp3) is 0.500. The van der Waals surface area contributed by atoms with E-state index in [2.05, 4.69) is 24.1 Å². The molecule has 0 saturated carbocycles. The number of carbonyl (C=O) groups is 1. The topological polar surface area (TPSA) is 48.1 Å². The van der Waals surface area contributed by atoms with Crippen molar-refractivity contribution in [1.82, 2.24) is 15.2 Å². The summed E-state index contributed by atoms with van der Waals surface area (Å²) in [6, 6.07) is 6.53. The molecule has 1 aromatic heterocycles. The average molecular weight is 334 g/mol.